The molecule has 0 fully saturated rings. The van der Waals surface area contributed by atoms with Gasteiger partial charge in [-0.15, -0.1) is 0 Å². The fourth-order valence-corrected chi connectivity index (χ4v) is 2.37. The van der Waals surface area contributed by atoms with E-state index < -0.39 is 11.7 Å². The van der Waals surface area contributed by atoms with Gasteiger partial charge in [0, 0.05) is 5.56 Å². The van der Waals surface area contributed by atoms with Gasteiger partial charge in [-0.2, -0.15) is 0 Å². The summed E-state index contributed by atoms with van der Waals surface area (Å²) in [7, 11) is 0. The van der Waals surface area contributed by atoms with Crippen molar-refractivity contribution < 1.29 is 9.59 Å². The van der Waals surface area contributed by atoms with Gasteiger partial charge in [0.05, 0.1) is 15.8 Å². The number of nitrogens with zero attached hydrogens (tertiary/aromatic N) is 1. The Labute approximate surface area is 133 Å². The maximum absolute atomic E-state index is 12.2. The highest BCUT2D eigenvalue weighted by Crippen LogP contribution is 2.29. The van der Waals surface area contributed by atoms with E-state index in [4.69, 9.17) is 23.2 Å². The summed E-state index contributed by atoms with van der Waals surface area (Å²) in [4.78, 5) is 28.0. The van der Waals surface area contributed by atoms with Crippen LogP contribution < -0.4 is 0 Å². The molecule has 0 aromatic heterocycles. The lowest BCUT2D eigenvalue weighted by Gasteiger charge is -2.16. The quantitative estimate of drug-likeness (QED) is 0.728. The van der Waals surface area contributed by atoms with Crippen LogP contribution in [0.2, 0.25) is 0 Å². The molecule has 1 aliphatic rings. The molecule has 5 heteroatoms. The monoisotopic (exact) mass is 321 g/mol. The van der Waals surface area contributed by atoms with Gasteiger partial charge in [0.1, 0.15) is 0 Å². The number of amides is 1. The first-order chi connectivity index (χ1) is 9.82. The summed E-state index contributed by atoms with van der Waals surface area (Å²) < 4.78 is 0. The lowest BCUT2D eigenvalue weighted by atomic mass is 9.96. The number of Topliss-reactive ketones (excluding diaryl/α,β-unsaturated/α-hetero) is 1. The molecule has 1 aromatic rings. The first kappa shape index (κ1) is 15.7. The molecule has 21 heavy (non-hydrogen) atoms. The van der Waals surface area contributed by atoms with Crippen molar-refractivity contribution in [2.45, 2.75) is 20.8 Å². The number of aryl methyl sites for hydroxylation is 1. The standard InChI is InChI=1S/C16H13Cl2NO2/c1-8-4-6-11(7-5-8)16(21)19-14-9(2)12(17)15(20)13(18)10(14)3/h4-7H,1-3H3. The number of hydrogen-bond acceptors (Lipinski definition) is 2. The van der Waals surface area contributed by atoms with Crippen molar-refractivity contribution >= 4 is 40.6 Å². The molecule has 0 unspecified atom stereocenters. The van der Waals surface area contributed by atoms with E-state index in [1.807, 2.05) is 19.1 Å². The van der Waals surface area contributed by atoms with Crippen LogP contribution >= 0.6 is 23.2 Å². The van der Waals surface area contributed by atoms with E-state index in [1.165, 1.54) is 0 Å². The predicted molar refractivity (Wildman–Crippen MR) is 85.1 cm³/mol. The van der Waals surface area contributed by atoms with Crippen LogP contribution in [-0.4, -0.2) is 17.4 Å². The number of carbonyl (C=O) groups is 2. The Hall–Kier alpha value is -1.71. The van der Waals surface area contributed by atoms with Crippen LogP contribution in [0.3, 0.4) is 0 Å². The summed E-state index contributed by atoms with van der Waals surface area (Å²) in [5.41, 5.74) is 2.81. The Morgan fingerprint density at radius 2 is 1.43 bits per heavy atom. The summed E-state index contributed by atoms with van der Waals surface area (Å²) in [6, 6.07) is 7.08. The number of hydrogen-bond donors (Lipinski definition) is 0. The topological polar surface area (TPSA) is 46.5 Å². The Morgan fingerprint density at radius 3 is 1.90 bits per heavy atom. The second-order valence-electron chi connectivity index (χ2n) is 4.84. The average molecular weight is 322 g/mol. The molecule has 2 rings (SSSR count). The number of carbonyl (C=O) groups excluding carboxylic acids is 2. The number of benzene rings is 1. The first-order valence-corrected chi connectivity index (χ1v) is 7.06. The first-order valence-electron chi connectivity index (χ1n) is 6.30. The van der Waals surface area contributed by atoms with E-state index in [1.54, 1.807) is 26.0 Å². The van der Waals surface area contributed by atoms with Gasteiger partial charge in [0.2, 0.25) is 5.78 Å². The number of ketones is 1. The molecule has 0 N–H and O–H groups in total. The zero-order valence-electron chi connectivity index (χ0n) is 11.8. The van der Waals surface area contributed by atoms with Crippen molar-refractivity contribution in [2.75, 3.05) is 0 Å². The minimum Gasteiger partial charge on any atom is -0.287 e. The molecule has 0 atom stereocenters. The van der Waals surface area contributed by atoms with E-state index in [0.29, 0.717) is 22.4 Å². The largest absolute Gasteiger partial charge is 0.287 e. The molecule has 0 heterocycles. The number of allylic oxidation sites excluding steroid dienone is 4. The lowest BCUT2D eigenvalue weighted by Crippen LogP contribution is -2.19. The molecule has 0 aliphatic heterocycles. The molecule has 0 saturated heterocycles. The third-order valence-corrected chi connectivity index (χ3v) is 4.19. The Morgan fingerprint density at radius 1 is 0.952 bits per heavy atom. The summed E-state index contributed by atoms with van der Waals surface area (Å²) in [6.07, 6.45) is 0. The predicted octanol–water partition coefficient (Wildman–Crippen LogP) is 4.18. The second-order valence-corrected chi connectivity index (χ2v) is 5.59. The number of halogens is 2. The highest BCUT2D eigenvalue weighted by Gasteiger charge is 2.27. The van der Waals surface area contributed by atoms with Gasteiger partial charge in [-0.3, -0.25) is 9.59 Å². The van der Waals surface area contributed by atoms with Gasteiger partial charge in [-0.1, -0.05) is 40.9 Å². The molecule has 1 aromatic carbocycles. The summed E-state index contributed by atoms with van der Waals surface area (Å²) in [5, 5.41) is 0.00196. The zero-order valence-corrected chi connectivity index (χ0v) is 13.3. The van der Waals surface area contributed by atoms with Gasteiger partial charge >= 0.3 is 0 Å². The summed E-state index contributed by atoms with van der Waals surface area (Å²) in [6.45, 7) is 5.23. The van der Waals surface area contributed by atoms with Gasteiger partial charge in [-0.25, -0.2) is 4.99 Å². The Bertz CT molecular complexity index is 695. The fraction of sp³-hybridized carbons (Fsp3) is 0.188. The molecule has 3 nitrogen and oxygen atoms in total. The van der Waals surface area contributed by atoms with Crippen LogP contribution in [0.25, 0.3) is 0 Å². The average Bonchev–Trinajstić information content (AvgIpc) is 2.48. The van der Waals surface area contributed by atoms with Crippen LogP contribution in [0, 0.1) is 6.92 Å². The summed E-state index contributed by atoms with van der Waals surface area (Å²) >= 11 is 11.9. The smallest absolute Gasteiger partial charge is 0.277 e. The molecule has 1 amide bonds. The minimum atomic E-state index is -0.435. The van der Waals surface area contributed by atoms with Crippen LogP contribution in [0.5, 0.6) is 0 Å². The third kappa shape index (κ3) is 2.99. The van der Waals surface area contributed by atoms with Crippen molar-refractivity contribution in [3.8, 4) is 0 Å². The van der Waals surface area contributed by atoms with Crippen molar-refractivity contribution in [1.29, 1.82) is 0 Å². The Kier molecular flexibility index (Phi) is 4.45. The molecule has 1 aliphatic carbocycles. The van der Waals surface area contributed by atoms with Crippen molar-refractivity contribution in [3.05, 3.63) is 56.6 Å². The van der Waals surface area contributed by atoms with Gasteiger partial charge in [0.15, 0.2) is 0 Å². The van der Waals surface area contributed by atoms with Crippen LogP contribution in [0.15, 0.2) is 50.5 Å². The highest BCUT2D eigenvalue weighted by molar-refractivity contribution is 6.59. The van der Waals surface area contributed by atoms with Crippen molar-refractivity contribution in [3.63, 3.8) is 0 Å². The maximum atomic E-state index is 12.2. The van der Waals surface area contributed by atoms with Crippen LogP contribution in [0.4, 0.5) is 0 Å². The highest BCUT2D eigenvalue weighted by atomic mass is 35.5. The van der Waals surface area contributed by atoms with Crippen LogP contribution in [0.1, 0.15) is 29.8 Å². The fourth-order valence-electron chi connectivity index (χ4n) is 1.96. The van der Waals surface area contributed by atoms with Gasteiger partial charge in [0.25, 0.3) is 5.91 Å². The molecular weight excluding hydrogens is 309 g/mol. The van der Waals surface area contributed by atoms with Crippen molar-refractivity contribution in [1.82, 2.24) is 0 Å². The molecule has 0 bridgehead atoms. The van der Waals surface area contributed by atoms with E-state index in [2.05, 4.69) is 4.99 Å². The SMILES string of the molecule is CC1=C(Cl)C(=O)C(Cl)=C(C)C1=NC(=O)c1ccc(C)cc1. The normalized spacial score (nSPS) is 15.7. The third-order valence-electron chi connectivity index (χ3n) is 3.28. The molecule has 0 saturated carbocycles. The van der Waals surface area contributed by atoms with Gasteiger partial charge in [-0.05, 0) is 44.1 Å². The van der Waals surface area contributed by atoms with Crippen LogP contribution in [-0.2, 0) is 4.79 Å². The second kappa shape index (κ2) is 5.96. The lowest BCUT2D eigenvalue weighted by molar-refractivity contribution is -0.111. The molecular formula is C16H13Cl2NO2. The molecule has 0 spiro atoms. The molecule has 0 radical (unpaired) electrons. The minimum absolute atomic E-state index is 0.000978. The zero-order chi connectivity index (χ0) is 15.7. The number of rotatable bonds is 1. The van der Waals surface area contributed by atoms with E-state index in [9.17, 15) is 9.59 Å². The van der Waals surface area contributed by atoms with Gasteiger partial charge < -0.3 is 0 Å². The van der Waals surface area contributed by atoms with E-state index in [-0.39, 0.29) is 10.1 Å². The number of aliphatic imine (C=N–C) groups is 1. The van der Waals surface area contributed by atoms with Crippen molar-refractivity contribution in [2.24, 2.45) is 4.99 Å². The maximum Gasteiger partial charge on any atom is 0.277 e. The summed E-state index contributed by atoms with van der Waals surface area (Å²) in [5.74, 6) is -0.831. The Balaban J connectivity index is 2.46. The van der Waals surface area contributed by atoms with E-state index >= 15 is 0 Å². The van der Waals surface area contributed by atoms with E-state index in [0.717, 1.165) is 5.56 Å². The molecule has 108 valence electrons.